The second-order valence-corrected chi connectivity index (χ2v) is 6.69. The van der Waals surface area contributed by atoms with E-state index in [4.69, 9.17) is 4.74 Å². The van der Waals surface area contributed by atoms with Crippen LogP contribution < -0.4 is 5.32 Å². The first-order chi connectivity index (χ1) is 11.0. The summed E-state index contributed by atoms with van der Waals surface area (Å²) in [5.74, 6) is -0.330. The fraction of sp³-hybridized carbons (Fsp3) is 0.529. The molecule has 0 aliphatic carbocycles. The molecule has 0 radical (unpaired) electrons. The van der Waals surface area contributed by atoms with Gasteiger partial charge in [0.05, 0.1) is 19.1 Å². The second-order valence-electron chi connectivity index (χ2n) is 5.84. The first-order valence-electron chi connectivity index (χ1n) is 7.94. The van der Waals surface area contributed by atoms with Crippen LogP contribution in [0.1, 0.15) is 25.3 Å². The zero-order valence-corrected chi connectivity index (χ0v) is 15.2. The number of amides is 1. The van der Waals surface area contributed by atoms with Crippen molar-refractivity contribution in [3.05, 3.63) is 28.2 Å². The zero-order chi connectivity index (χ0) is 16.8. The van der Waals surface area contributed by atoms with Gasteiger partial charge in [0, 0.05) is 16.7 Å². The number of esters is 1. The van der Waals surface area contributed by atoms with Gasteiger partial charge in [0.1, 0.15) is 0 Å². The standard InChI is InChI=1S/C17H23BrN2O3/c1-3-23-17(22)13-5-4-8-20(10-13)11-16(21)19-14-6-7-15(18)12(2)9-14/h6-7,9,13H,3-5,8,10-11H2,1-2H3,(H,19,21). The van der Waals surface area contributed by atoms with Crippen LogP contribution in [0.15, 0.2) is 22.7 Å². The van der Waals surface area contributed by atoms with Gasteiger partial charge >= 0.3 is 5.97 Å². The molecule has 0 spiro atoms. The van der Waals surface area contributed by atoms with Crippen molar-refractivity contribution in [2.75, 3.05) is 31.6 Å². The Bertz CT molecular complexity index is 577. The molecule has 1 saturated heterocycles. The minimum absolute atomic E-state index is 0.0590. The summed E-state index contributed by atoms with van der Waals surface area (Å²) in [6.07, 6.45) is 1.75. The average Bonchev–Trinajstić information content (AvgIpc) is 2.51. The third-order valence-electron chi connectivity index (χ3n) is 3.93. The Balaban J connectivity index is 1.86. The monoisotopic (exact) mass is 382 g/mol. The smallest absolute Gasteiger partial charge is 0.310 e. The van der Waals surface area contributed by atoms with Crippen molar-refractivity contribution in [3.63, 3.8) is 0 Å². The van der Waals surface area contributed by atoms with Crippen LogP contribution >= 0.6 is 15.9 Å². The minimum atomic E-state index is -0.152. The second kappa shape index (κ2) is 8.45. The molecule has 1 heterocycles. The lowest BCUT2D eigenvalue weighted by molar-refractivity contribution is -0.150. The summed E-state index contributed by atoms with van der Waals surface area (Å²) in [6.45, 7) is 5.92. The molecule has 1 aliphatic rings. The third kappa shape index (κ3) is 5.32. The van der Waals surface area contributed by atoms with Crippen molar-refractivity contribution in [1.29, 1.82) is 0 Å². The van der Waals surface area contributed by atoms with E-state index in [9.17, 15) is 9.59 Å². The summed E-state index contributed by atoms with van der Waals surface area (Å²) in [5, 5.41) is 2.91. The van der Waals surface area contributed by atoms with Crippen molar-refractivity contribution in [1.82, 2.24) is 4.90 Å². The molecule has 0 aromatic heterocycles. The normalized spacial score (nSPS) is 18.5. The molecule has 1 unspecified atom stereocenters. The predicted molar refractivity (Wildman–Crippen MR) is 93.3 cm³/mol. The Morgan fingerprint density at radius 3 is 2.91 bits per heavy atom. The Morgan fingerprint density at radius 1 is 1.43 bits per heavy atom. The molecule has 0 bridgehead atoms. The van der Waals surface area contributed by atoms with E-state index < -0.39 is 0 Å². The number of halogens is 1. The quantitative estimate of drug-likeness (QED) is 0.795. The molecule has 1 fully saturated rings. The van der Waals surface area contributed by atoms with Crippen LogP contribution in [0.25, 0.3) is 0 Å². The van der Waals surface area contributed by atoms with E-state index >= 15 is 0 Å². The molecular formula is C17H23BrN2O3. The number of nitrogens with one attached hydrogen (secondary N) is 1. The maximum absolute atomic E-state index is 12.2. The van der Waals surface area contributed by atoms with Crippen LogP contribution in [-0.4, -0.2) is 43.0 Å². The Labute approximate surface area is 145 Å². The topological polar surface area (TPSA) is 58.6 Å². The lowest BCUT2D eigenvalue weighted by Gasteiger charge is -2.30. The fourth-order valence-corrected chi connectivity index (χ4v) is 3.02. The highest BCUT2D eigenvalue weighted by molar-refractivity contribution is 9.10. The zero-order valence-electron chi connectivity index (χ0n) is 13.6. The number of hydrogen-bond donors (Lipinski definition) is 1. The number of hydrogen-bond acceptors (Lipinski definition) is 4. The number of piperidine rings is 1. The summed E-state index contributed by atoms with van der Waals surface area (Å²) in [5.41, 5.74) is 1.86. The number of benzene rings is 1. The first-order valence-corrected chi connectivity index (χ1v) is 8.74. The van der Waals surface area contributed by atoms with Gasteiger partial charge in [0.15, 0.2) is 0 Å². The molecule has 2 rings (SSSR count). The number of likely N-dealkylation sites (tertiary alicyclic amines) is 1. The first kappa shape index (κ1) is 17.9. The Morgan fingerprint density at radius 2 is 2.22 bits per heavy atom. The number of nitrogens with zero attached hydrogens (tertiary/aromatic N) is 1. The number of carbonyl (C=O) groups is 2. The van der Waals surface area contributed by atoms with Crippen LogP contribution in [0.4, 0.5) is 5.69 Å². The van der Waals surface area contributed by atoms with Crippen molar-refractivity contribution < 1.29 is 14.3 Å². The number of ether oxygens (including phenoxy) is 1. The van der Waals surface area contributed by atoms with E-state index in [1.807, 2.05) is 36.9 Å². The van der Waals surface area contributed by atoms with E-state index in [0.29, 0.717) is 19.7 Å². The van der Waals surface area contributed by atoms with Gasteiger partial charge in [-0.15, -0.1) is 0 Å². The SMILES string of the molecule is CCOC(=O)C1CCCN(CC(=O)Nc2ccc(Br)c(C)c2)C1. The third-order valence-corrected chi connectivity index (χ3v) is 4.82. The molecule has 1 N–H and O–H groups in total. The van der Waals surface area contributed by atoms with Crippen molar-refractivity contribution >= 4 is 33.5 Å². The van der Waals surface area contributed by atoms with Crippen LogP contribution in [0.5, 0.6) is 0 Å². The lowest BCUT2D eigenvalue weighted by Crippen LogP contribution is -2.43. The number of anilines is 1. The Kier molecular flexibility index (Phi) is 6.59. The molecule has 1 aromatic rings. The molecule has 1 atom stereocenters. The number of aryl methyl sites for hydroxylation is 1. The van der Waals surface area contributed by atoms with Crippen molar-refractivity contribution in [2.24, 2.45) is 5.92 Å². The molecular weight excluding hydrogens is 360 g/mol. The minimum Gasteiger partial charge on any atom is -0.466 e. The molecule has 23 heavy (non-hydrogen) atoms. The summed E-state index contributed by atoms with van der Waals surface area (Å²) >= 11 is 3.44. The van der Waals surface area contributed by atoms with Crippen LogP contribution in [0.2, 0.25) is 0 Å². The van der Waals surface area contributed by atoms with Gasteiger partial charge in [-0.2, -0.15) is 0 Å². The molecule has 1 aromatic carbocycles. The van der Waals surface area contributed by atoms with Crippen LogP contribution in [-0.2, 0) is 14.3 Å². The summed E-state index contributed by atoms with van der Waals surface area (Å²) < 4.78 is 6.10. The average molecular weight is 383 g/mol. The summed E-state index contributed by atoms with van der Waals surface area (Å²) in [6, 6.07) is 5.72. The maximum Gasteiger partial charge on any atom is 0.310 e. The van der Waals surface area contributed by atoms with E-state index in [1.165, 1.54) is 0 Å². The highest BCUT2D eigenvalue weighted by Crippen LogP contribution is 2.21. The Hall–Kier alpha value is -1.40. The summed E-state index contributed by atoms with van der Waals surface area (Å²) in [7, 11) is 0. The van der Waals surface area contributed by atoms with Gasteiger partial charge in [-0.1, -0.05) is 15.9 Å². The van der Waals surface area contributed by atoms with Gasteiger partial charge in [0.2, 0.25) is 5.91 Å². The van der Waals surface area contributed by atoms with E-state index in [1.54, 1.807) is 0 Å². The molecule has 0 saturated carbocycles. The largest absolute Gasteiger partial charge is 0.466 e. The van der Waals surface area contributed by atoms with Gasteiger partial charge in [0.25, 0.3) is 0 Å². The molecule has 126 valence electrons. The maximum atomic E-state index is 12.2. The molecule has 1 aliphatic heterocycles. The van der Waals surface area contributed by atoms with Crippen molar-refractivity contribution in [2.45, 2.75) is 26.7 Å². The fourth-order valence-electron chi connectivity index (χ4n) is 2.78. The summed E-state index contributed by atoms with van der Waals surface area (Å²) in [4.78, 5) is 26.1. The molecule has 5 nitrogen and oxygen atoms in total. The highest BCUT2D eigenvalue weighted by atomic mass is 79.9. The lowest BCUT2D eigenvalue weighted by atomic mass is 9.98. The van der Waals surface area contributed by atoms with E-state index in [0.717, 1.165) is 35.1 Å². The molecule has 1 amide bonds. The van der Waals surface area contributed by atoms with Gasteiger partial charge in [-0.25, -0.2) is 0 Å². The van der Waals surface area contributed by atoms with Gasteiger partial charge in [-0.3, -0.25) is 14.5 Å². The highest BCUT2D eigenvalue weighted by Gasteiger charge is 2.27. The molecule has 6 heteroatoms. The number of rotatable bonds is 5. The van der Waals surface area contributed by atoms with Gasteiger partial charge < -0.3 is 10.1 Å². The van der Waals surface area contributed by atoms with Gasteiger partial charge in [-0.05, 0) is 57.0 Å². The van der Waals surface area contributed by atoms with E-state index in [-0.39, 0.29) is 17.8 Å². The predicted octanol–water partition coefficient (Wildman–Crippen LogP) is 2.97. The van der Waals surface area contributed by atoms with Crippen LogP contribution in [0, 0.1) is 12.8 Å². The van der Waals surface area contributed by atoms with Crippen LogP contribution in [0.3, 0.4) is 0 Å². The number of carbonyl (C=O) groups excluding carboxylic acids is 2. The van der Waals surface area contributed by atoms with E-state index in [2.05, 4.69) is 21.2 Å². The van der Waals surface area contributed by atoms with Crippen molar-refractivity contribution in [3.8, 4) is 0 Å².